The number of carboxylic acid groups (broad SMARTS) is 1. The lowest BCUT2D eigenvalue weighted by atomic mass is 10.0. The van der Waals surface area contributed by atoms with Gasteiger partial charge < -0.3 is 9.84 Å². The maximum absolute atomic E-state index is 12.2. The van der Waals surface area contributed by atoms with E-state index in [1.807, 2.05) is 0 Å². The van der Waals surface area contributed by atoms with Gasteiger partial charge in [0.25, 0.3) is 0 Å². The molecule has 7 heteroatoms. The molecule has 1 fully saturated rings. The minimum Gasteiger partial charge on any atom is -0.482 e. The molecule has 21 heavy (non-hydrogen) atoms. The molecular formula is C14H19NO5S. The Hall–Kier alpha value is -1.76. The Morgan fingerprint density at radius 2 is 1.81 bits per heavy atom. The predicted octanol–water partition coefficient (Wildman–Crippen LogP) is 2.22. The summed E-state index contributed by atoms with van der Waals surface area (Å²) in [5.74, 6) is -0.671. The highest BCUT2D eigenvalue weighted by atomic mass is 32.2. The predicted molar refractivity (Wildman–Crippen MR) is 79.0 cm³/mol. The van der Waals surface area contributed by atoms with Crippen LogP contribution in [0.3, 0.4) is 0 Å². The molecule has 0 heterocycles. The quantitative estimate of drug-likeness (QED) is 0.840. The molecular weight excluding hydrogens is 294 g/mol. The van der Waals surface area contributed by atoms with Gasteiger partial charge in [-0.15, -0.1) is 0 Å². The average Bonchev–Trinajstić information content (AvgIpc) is 2.47. The van der Waals surface area contributed by atoms with E-state index in [2.05, 4.69) is 4.72 Å². The lowest BCUT2D eigenvalue weighted by molar-refractivity contribution is -0.139. The normalized spacial score (nSPS) is 16.4. The van der Waals surface area contributed by atoms with Crippen molar-refractivity contribution < 1.29 is 23.1 Å². The summed E-state index contributed by atoms with van der Waals surface area (Å²) in [4.78, 5) is 10.4. The number of benzene rings is 1. The summed E-state index contributed by atoms with van der Waals surface area (Å²) in [7, 11) is -3.36. The summed E-state index contributed by atoms with van der Waals surface area (Å²) >= 11 is 0. The van der Waals surface area contributed by atoms with E-state index in [0.717, 1.165) is 19.3 Å². The number of anilines is 1. The van der Waals surface area contributed by atoms with Crippen molar-refractivity contribution in [3.05, 3.63) is 24.3 Å². The zero-order valence-corrected chi connectivity index (χ0v) is 12.4. The number of hydrogen-bond donors (Lipinski definition) is 2. The van der Waals surface area contributed by atoms with Crippen LogP contribution in [-0.4, -0.2) is 31.4 Å². The fraction of sp³-hybridized carbons (Fsp3) is 0.500. The highest BCUT2D eigenvalue weighted by Crippen LogP contribution is 2.25. The molecule has 0 amide bonds. The molecule has 1 aromatic rings. The van der Waals surface area contributed by atoms with E-state index in [1.165, 1.54) is 0 Å². The van der Waals surface area contributed by atoms with Gasteiger partial charge in [-0.25, -0.2) is 13.2 Å². The van der Waals surface area contributed by atoms with E-state index in [9.17, 15) is 13.2 Å². The van der Waals surface area contributed by atoms with Crippen molar-refractivity contribution in [1.29, 1.82) is 0 Å². The van der Waals surface area contributed by atoms with E-state index < -0.39 is 22.6 Å². The van der Waals surface area contributed by atoms with Gasteiger partial charge in [0.15, 0.2) is 6.61 Å². The molecule has 1 aliphatic rings. The minimum absolute atomic E-state index is 0.325. The highest BCUT2D eigenvalue weighted by Gasteiger charge is 2.27. The van der Waals surface area contributed by atoms with Crippen LogP contribution >= 0.6 is 0 Å². The molecule has 1 saturated carbocycles. The van der Waals surface area contributed by atoms with Gasteiger partial charge in [-0.1, -0.05) is 19.3 Å². The van der Waals surface area contributed by atoms with E-state index in [-0.39, 0.29) is 5.25 Å². The summed E-state index contributed by atoms with van der Waals surface area (Å²) in [6, 6.07) is 6.22. The Morgan fingerprint density at radius 3 is 2.38 bits per heavy atom. The minimum atomic E-state index is -3.36. The third-order valence-electron chi connectivity index (χ3n) is 3.47. The van der Waals surface area contributed by atoms with Gasteiger partial charge >= 0.3 is 5.97 Å². The molecule has 0 unspecified atom stereocenters. The molecule has 0 aliphatic heterocycles. The van der Waals surface area contributed by atoms with Crippen molar-refractivity contribution >= 4 is 21.7 Å². The second-order valence-electron chi connectivity index (χ2n) is 5.11. The zero-order chi connectivity index (χ0) is 15.3. The third-order valence-corrected chi connectivity index (χ3v) is 5.34. The second kappa shape index (κ2) is 6.80. The van der Waals surface area contributed by atoms with Gasteiger partial charge in [-0.05, 0) is 37.1 Å². The van der Waals surface area contributed by atoms with Crippen LogP contribution in [0.15, 0.2) is 24.3 Å². The van der Waals surface area contributed by atoms with Crippen LogP contribution in [0, 0.1) is 0 Å². The molecule has 0 spiro atoms. The Morgan fingerprint density at radius 1 is 1.19 bits per heavy atom. The molecule has 1 aliphatic carbocycles. The number of aliphatic carboxylic acids is 1. The topological polar surface area (TPSA) is 92.7 Å². The molecule has 0 atom stereocenters. The molecule has 0 radical (unpaired) electrons. The average molecular weight is 313 g/mol. The summed E-state index contributed by atoms with van der Waals surface area (Å²) in [6.07, 6.45) is 4.41. The summed E-state index contributed by atoms with van der Waals surface area (Å²) in [5.41, 5.74) is 0.461. The van der Waals surface area contributed by atoms with Crippen molar-refractivity contribution in [3.63, 3.8) is 0 Å². The van der Waals surface area contributed by atoms with Crippen molar-refractivity contribution in [3.8, 4) is 5.75 Å². The first-order valence-electron chi connectivity index (χ1n) is 6.94. The van der Waals surface area contributed by atoms with Gasteiger partial charge in [0.1, 0.15) is 5.75 Å². The monoisotopic (exact) mass is 313 g/mol. The molecule has 0 bridgehead atoms. The maximum Gasteiger partial charge on any atom is 0.341 e. The molecule has 2 rings (SSSR count). The van der Waals surface area contributed by atoms with Crippen molar-refractivity contribution in [2.45, 2.75) is 37.4 Å². The van der Waals surface area contributed by atoms with Crippen LogP contribution in [-0.2, 0) is 14.8 Å². The smallest absolute Gasteiger partial charge is 0.341 e. The van der Waals surface area contributed by atoms with Crippen LogP contribution < -0.4 is 9.46 Å². The Labute approximate surface area is 124 Å². The fourth-order valence-corrected chi connectivity index (χ4v) is 3.97. The summed E-state index contributed by atoms with van der Waals surface area (Å²) in [5, 5.41) is 8.18. The number of ether oxygens (including phenoxy) is 1. The van der Waals surface area contributed by atoms with Crippen molar-refractivity contribution in [1.82, 2.24) is 0 Å². The number of rotatable bonds is 6. The first-order valence-corrected chi connectivity index (χ1v) is 8.48. The largest absolute Gasteiger partial charge is 0.482 e. The number of nitrogens with one attached hydrogen (secondary N) is 1. The van der Waals surface area contributed by atoms with Crippen molar-refractivity contribution in [2.75, 3.05) is 11.3 Å². The van der Waals surface area contributed by atoms with Crippen LogP contribution in [0.5, 0.6) is 5.75 Å². The number of sulfonamides is 1. The second-order valence-corrected chi connectivity index (χ2v) is 7.07. The standard InChI is InChI=1S/C14H19NO5S/c16-14(17)10-20-12-8-6-11(7-9-12)15-21(18,19)13-4-2-1-3-5-13/h6-9,13,15H,1-5,10H2,(H,16,17). The van der Waals surface area contributed by atoms with Crippen LogP contribution in [0.25, 0.3) is 0 Å². The summed E-state index contributed by atoms with van der Waals surface area (Å²) in [6.45, 7) is -0.423. The van der Waals surface area contributed by atoms with E-state index in [0.29, 0.717) is 24.3 Å². The van der Waals surface area contributed by atoms with Gasteiger partial charge in [-0.2, -0.15) is 0 Å². The number of hydrogen-bond acceptors (Lipinski definition) is 4. The first kappa shape index (κ1) is 15.6. The Balaban J connectivity index is 1.97. The fourth-order valence-electron chi connectivity index (χ4n) is 2.39. The molecule has 116 valence electrons. The SMILES string of the molecule is O=C(O)COc1ccc(NS(=O)(=O)C2CCCCC2)cc1. The molecule has 0 saturated heterocycles. The molecule has 0 aromatic heterocycles. The van der Waals surface area contributed by atoms with Gasteiger partial charge in [0.2, 0.25) is 10.0 Å². The van der Waals surface area contributed by atoms with Crippen molar-refractivity contribution in [2.24, 2.45) is 0 Å². The van der Waals surface area contributed by atoms with Gasteiger partial charge in [0, 0.05) is 5.69 Å². The highest BCUT2D eigenvalue weighted by molar-refractivity contribution is 7.93. The van der Waals surface area contributed by atoms with Gasteiger partial charge in [-0.3, -0.25) is 4.72 Å². The van der Waals surface area contributed by atoms with Crippen LogP contribution in [0.1, 0.15) is 32.1 Å². The van der Waals surface area contributed by atoms with Crippen LogP contribution in [0.4, 0.5) is 5.69 Å². The molecule has 1 aromatic carbocycles. The summed E-state index contributed by atoms with van der Waals surface area (Å²) < 4.78 is 32.0. The van der Waals surface area contributed by atoms with E-state index in [4.69, 9.17) is 9.84 Å². The van der Waals surface area contributed by atoms with Crippen LogP contribution in [0.2, 0.25) is 0 Å². The molecule has 2 N–H and O–H groups in total. The number of carboxylic acids is 1. The number of carbonyl (C=O) groups is 1. The lowest BCUT2D eigenvalue weighted by Crippen LogP contribution is -2.29. The zero-order valence-electron chi connectivity index (χ0n) is 11.6. The lowest BCUT2D eigenvalue weighted by Gasteiger charge is -2.22. The molecule has 6 nitrogen and oxygen atoms in total. The first-order chi connectivity index (χ1) is 9.97. The third kappa shape index (κ3) is 4.63. The van der Waals surface area contributed by atoms with E-state index in [1.54, 1.807) is 24.3 Å². The maximum atomic E-state index is 12.2. The Kier molecular flexibility index (Phi) is 5.06. The Bertz CT molecular complexity index is 576. The van der Waals surface area contributed by atoms with E-state index >= 15 is 0 Å². The van der Waals surface area contributed by atoms with Gasteiger partial charge in [0.05, 0.1) is 5.25 Å².